The zero-order valence-corrected chi connectivity index (χ0v) is 13.4. The lowest BCUT2D eigenvalue weighted by Gasteiger charge is -2.14. The summed E-state index contributed by atoms with van der Waals surface area (Å²) in [5, 5.41) is 3.08. The molecule has 0 aromatic heterocycles. The summed E-state index contributed by atoms with van der Waals surface area (Å²) in [6, 6.07) is 17.9. The molecule has 3 rings (SSSR count). The molecule has 2 heteroatoms. The second-order valence-electron chi connectivity index (χ2n) is 6.03. The fourth-order valence-electron chi connectivity index (χ4n) is 3.11. The molecular formula is C21H23NO. The Labute approximate surface area is 138 Å². The predicted octanol–water partition coefficient (Wildman–Crippen LogP) is 4.97. The first-order valence-electron chi connectivity index (χ1n) is 8.45. The lowest BCUT2D eigenvalue weighted by atomic mass is 9.97. The third kappa shape index (κ3) is 4.10. The molecule has 0 aliphatic heterocycles. The van der Waals surface area contributed by atoms with Gasteiger partial charge in [-0.15, -0.1) is 0 Å². The molecule has 2 nitrogen and oxygen atoms in total. The summed E-state index contributed by atoms with van der Waals surface area (Å²) in [5.41, 5.74) is 4.31. The molecule has 1 aliphatic carbocycles. The van der Waals surface area contributed by atoms with Gasteiger partial charge in [0, 0.05) is 12.1 Å². The highest BCUT2D eigenvalue weighted by atomic mass is 16.1. The van der Waals surface area contributed by atoms with Gasteiger partial charge in [0.25, 0.3) is 5.91 Å². The largest absolute Gasteiger partial charge is 0.352 e. The Kier molecular flexibility index (Phi) is 5.25. The first kappa shape index (κ1) is 15.5. The number of benzene rings is 2. The van der Waals surface area contributed by atoms with Gasteiger partial charge < -0.3 is 5.32 Å². The van der Waals surface area contributed by atoms with Gasteiger partial charge in [-0.2, -0.15) is 0 Å². The Bertz CT molecular complexity index is 688. The molecule has 0 radical (unpaired) electrons. The average molecular weight is 305 g/mol. The van der Waals surface area contributed by atoms with Gasteiger partial charge in [0.15, 0.2) is 0 Å². The van der Waals surface area contributed by atoms with E-state index in [1.165, 1.54) is 31.3 Å². The van der Waals surface area contributed by atoms with E-state index in [9.17, 15) is 4.79 Å². The molecule has 0 atom stereocenters. The SMILES string of the molecule is O=C(NCCC1=CCCCC1)c1ccccc1-c1ccccc1. The molecule has 2 aromatic rings. The number of hydrogen-bond acceptors (Lipinski definition) is 1. The van der Waals surface area contributed by atoms with Crippen LogP contribution in [0.2, 0.25) is 0 Å². The molecule has 1 aliphatic rings. The fourth-order valence-corrected chi connectivity index (χ4v) is 3.11. The van der Waals surface area contributed by atoms with E-state index in [4.69, 9.17) is 0 Å². The quantitative estimate of drug-likeness (QED) is 0.776. The van der Waals surface area contributed by atoms with E-state index in [-0.39, 0.29) is 5.91 Å². The number of nitrogens with one attached hydrogen (secondary N) is 1. The van der Waals surface area contributed by atoms with E-state index in [2.05, 4.69) is 11.4 Å². The maximum absolute atomic E-state index is 12.5. The van der Waals surface area contributed by atoms with E-state index in [1.807, 2.05) is 54.6 Å². The van der Waals surface area contributed by atoms with Gasteiger partial charge in [0.2, 0.25) is 0 Å². The normalized spacial score (nSPS) is 14.2. The molecule has 1 amide bonds. The second kappa shape index (κ2) is 7.77. The lowest BCUT2D eigenvalue weighted by Crippen LogP contribution is -2.25. The smallest absolute Gasteiger partial charge is 0.251 e. The number of allylic oxidation sites excluding steroid dienone is 1. The van der Waals surface area contributed by atoms with Crippen molar-refractivity contribution in [1.82, 2.24) is 5.32 Å². The zero-order chi connectivity index (χ0) is 15.9. The van der Waals surface area contributed by atoms with Gasteiger partial charge in [-0.3, -0.25) is 4.79 Å². The number of hydrogen-bond donors (Lipinski definition) is 1. The second-order valence-corrected chi connectivity index (χ2v) is 6.03. The van der Waals surface area contributed by atoms with Crippen molar-refractivity contribution in [2.75, 3.05) is 6.54 Å². The third-order valence-corrected chi connectivity index (χ3v) is 4.37. The molecule has 0 saturated carbocycles. The minimum atomic E-state index is 0.0147. The van der Waals surface area contributed by atoms with Crippen LogP contribution in [-0.4, -0.2) is 12.5 Å². The van der Waals surface area contributed by atoms with E-state index in [0.29, 0.717) is 6.54 Å². The number of carbonyl (C=O) groups is 1. The van der Waals surface area contributed by atoms with Crippen molar-refractivity contribution in [2.24, 2.45) is 0 Å². The first-order valence-corrected chi connectivity index (χ1v) is 8.45. The van der Waals surface area contributed by atoms with Crippen LogP contribution in [0.1, 0.15) is 42.5 Å². The minimum absolute atomic E-state index is 0.0147. The van der Waals surface area contributed by atoms with Crippen molar-refractivity contribution in [2.45, 2.75) is 32.1 Å². The lowest BCUT2D eigenvalue weighted by molar-refractivity contribution is 0.0954. The minimum Gasteiger partial charge on any atom is -0.352 e. The van der Waals surface area contributed by atoms with Gasteiger partial charge in [-0.1, -0.05) is 60.2 Å². The van der Waals surface area contributed by atoms with Crippen molar-refractivity contribution < 1.29 is 4.79 Å². The molecule has 0 bridgehead atoms. The molecule has 0 saturated heterocycles. The number of rotatable bonds is 5. The van der Waals surface area contributed by atoms with Crippen LogP contribution < -0.4 is 5.32 Å². The maximum atomic E-state index is 12.5. The Morgan fingerprint density at radius 1 is 0.957 bits per heavy atom. The van der Waals surface area contributed by atoms with Crippen molar-refractivity contribution >= 4 is 5.91 Å². The van der Waals surface area contributed by atoms with Gasteiger partial charge in [0.1, 0.15) is 0 Å². The molecule has 0 fully saturated rings. The monoisotopic (exact) mass is 305 g/mol. The molecule has 0 unspecified atom stereocenters. The molecule has 23 heavy (non-hydrogen) atoms. The van der Waals surface area contributed by atoms with Crippen LogP contribution in [-0.2, 0) is 0 Å². The van der Waals surface area contributed by atoms with Crippen molar-refractivity contribution in [3.63, 3.8) is 0 Å². The van der Waals surface area contributed by atoms with Crippen LogP contribution >= 0.6 is 0 Å². The Hall–Kier alpha value is -2.35. The van der Waals surface area contributed by atoms with E-state index >= 15 is 0 Å². The summed E-state index contributed by atoms with van der Waals surface area (Å²) in [6.45, 7) is 0.716. The summed E-state index contributed by atoms with van der Waals surface area (Å²) >= 11 is 0. The highest BCUT2D eigenvalue weighted by Gasteiger charge is 2.12. The predicted molar refractivity (Wildman–Crippen MR) is 95.4 cm³/mol. The number of carbonyl (C=O) groups excluding carboxylic acids is 1. The van der Waals surface area contributed by atoms with Crippen molar-refractivity contribution in [1.29, 1.82) is 0 Å². The standard InChI is InChI=1S/C21H23NO/c23-21(22-16-15-17-9-3-1-4-10-17)20-14-8-7-13-19(20)18-11-5-2-6-12-18/h2,5-9,11-14H,1,3-4,10,15-16H2,(H,22,23). The van der Waals surface area contributed by atoms with Crippen molar-refractivity contribution in [3.05, 3.63) is 71.8 Å². The van der Waals surface area contributed by atoms with Gasteiger partial charge >= 0.3 is 0 Å². The molecule has 118 valence electrons. The van der Waals surface area contributed by atoms with Crippen LogP contribution in [0.5, 0.6) is 0 Å². The van der Waals surface area contributed by atoms with Crippen LogP contribution in [0.3, 0.4) is 0 Å². The van der Waals surface area contributed by atoms with E-state index < -0.39 is 0 Å². The summed E-state index contributed by atoms with van der Waals surface area (Å²) in [7, 11) is 0. The van der Waals surface area contributed by atoms with Crippen LogP contribution in [0, 0.1) is 0 Å². The zero-order valence-electron chi connectivity index (χ0n) is 13.4. The Morgan fingerprint density at radius 3 is 2.52 bits per heavy atom. The molecule has 0 heterocycles. The molecular weight excluding hydrogens is 282 g/mol. The van der Waals surface area contributed by atoms with Crippen molar-refractivity contribution in [3.8, 4) is 11.1 Å². The highest BCUT2D eigenvalue weighted by Crippen LogP contribution is 2.23. The number of amides is 1. The molecule has 0 spiro atoms. The third-order valence-electron chi connectivity index (χ3n) is 4.37. The van der Waals surface area contributed by atoms with E-state index in [1.54, 1.807) is 0 Å². The summed E-state index contributed by atoms with van der Waals surface area (Å²) < 4.78 is 0. The maximum Gasteiger partial charge on any atom is 0.251 e. The van der Waals surface area contributed by atoms with Crippen LogP contribution in [0.15, 0.2) is 66.2 Å². The molecule has 2 aromatic carbocycles. The Morgan fingerprint density at radius 2 is 1.74 bits per heavy atom. The first-order chi connectivity index (χ1) is 11.3. The Balaban J connectivity index is 1.67. The van der Waals surface area contributed by atoms with Gasteiger partial charge in [-0.25, -0.2) is 0 Å². The summed E-state index contributed by atoms with van der Waals surface area (Å²) in [4.78, 5) is 12.5. The van der Waals surface area contributed by atoms with Gasteiger partial charge in [-0.05, 0) is 49.3 Å². The van der Waals surface area contributed by atoms with Gasteiger partial charge in [0.05, 0.1) is 0 Å². The highest BCUT2D eigenvalue weighted by molar-refractivity contribution is 6.00. The topological polar surface area (TPSA) is 29.1 Å². The summed E-state index contributed by atoms with van der Waals surface area (Å²) in [5.74, 6) is 0.0147. The molecule has 1 N–H and O–H groups in total. The summed E-state index contributed by atoms with van der Waals surface area (Å²) in [6.07, 6.45) is 8.29. The van der Waals surface area contributed by atoms with Crippen LogP contribution in [0.25, 0.3) is 11.1 Å². The van der Waals surface area contributed by atoms with E-state index in [0.717, 1.165) is 23.1 Å². The fraction of sp³-hybridized carbons (Fsp3) is 0.286. The van der Waals surface area contributed by atoms with Crippen LogP contribution in [0.4, 0.5) is 0 Å². The average Bonchev–Trinajstić information content (AvgIpc) is 2.63.